The predicted octanol–water partition coefficient (Wildman–Crippen LogP) is 1.02. The van der Waals surface area contributed by atoms with Gasteiger partial charge in [0.15, 0.2) is 0 Å². The molecule has 0 heterocycles. The van der Waals surface area contributed by atoms with Crippen LogP contribution in [-0.2, 0) is 0 Å². The molecule has 0 atom stereocenters. The second-order valence-electron chi connectivity index (χ2n) is 3.16. The molecule has 0 aliphatic heterocycles. The summed E-state index contributed by atoms with van der Waals surface area (Å²) in [6, 6.07) is 5.10. The van der Waals surface area contributed by atoms with E-state index in [-0.39, 0.29) is 6.03 Å². The average molecular weight is 209 g/mol. The molecule has 0 saturated carbocycles. The van der Waals surface area contributed by atoms with Gasteiger partial charge in [-0.1, -0.05) is 0 Å². The summed E-state index contributed by atoms with van der Waals surface area (Å²) in [6.45, 7) is 1.91. The number of hydrazine groups is 1. The van der Waals surface area contributed by atoms with Crippen LogP contribution in [0.25, 0.3) is 0 Å². The number of hydrogen-bond donors (Lipinski definition) is 2. The molecule has 0 radical (unpaired) electrons. The van der Waals surface area contributed by atoms with Gasteiger partial charge in [-0.2, -0.15) is 0 Å². The first-order valence-corrected chi connectivity index (χ1v) is 4.49. The van der Waals surface area contributed by atoms with Crippen LogP contribution in [-0.4, -0.2) is 20.2 Å². The van der Waals surface area contributed by atoms with Crippen molar-refractivity contribution in [3.05, 3.63) is 23.8 Å². The number of anilines is 1. The molecule has 0 fully saturated rings. The first kappa shape index (κ1) is 11.3. The van der Waals surface area contributed by atoms with Crippen molar-refractivity contribution in [2.75, 3.05) is 19.1 Å². The van der Waals surface area contributed by atoms with Gasteiger partial charge in [-0.05, 0) is 30.7 Å². The Morgan fingerprint density at radius 1 is 1.53 bits per heavy atom. The highest BCUT2D eigenvalue weighted by atomic mass is 16.5. The summed E-state index contributed by atoms with van der Waals surface area (Å²) >= 11 is 0. The molecule has 15 heavy (non-hydrogen) atoms. The highest BCUT2D eigenvalue weighted by Crippen LogP contribution is 2.23. The van der Waals surface area contributed by atoms with Gasteiger partial charge in [0.1, 0.15) is 5.75 Å². The van der Waals surface area contributed by atoms with E-state index in [0.29, 0.717) is 0 Å². The second-order valence-corrected chi connectivity index (χ2v) is 3.16. The van der Waals surface area contributed by atoms with E-state index in [0.717, 1.165) is 17.0 Å². The molecule has 5 heteroatoms. The van der Waals surface area contributed by atoms with Gasteiger partial charge in [-0.25, -0.2) is 10.6 Å². The van der Waals surface area contributed by atoms with Crippen LogP contribution in [0.5, 0.6) is 5.75 Å². The van der Waals surface area contributed by atoms with Crippen LogP contribution in [0.2, 0.25) is 0 Å². The van der Waals surface area contributed by atoms with E-state index in [1.807, 2.05) is 19.1 Å². The summed E-state index contributed by atoms with van der Waals surface area (Å²) in [7, 11) is 3.25. The highest BCUT2D eigenvalue weighted by molar-refractivity contribution is 5.91. The fraction of sp³-hybridized carbons (Fsp3) is 0.300. The van der Waals surface area contributed by atoms with Crippen LogP contribution in [0.1, 0.15) is 5.56 Å². The van der Waals surface area contributed by atoms with Crippen molar-refractivity contribution in [3.8, 4) is 5.75 Å². The Kier molecular flexibility index (Phi) is 3.51. The van der Waals surface area contributed by atoms with Crippen molar-refractivity contribution in [2.24, 2.45) is 5.84 Å². The first-order chi connectivity index (χ1) is 7.10. The Labute approximate surface area is 88.8 Å². The Morgan fingerprint density at radius 3 is 2.67 bits per heavy atom. The maximum Gasteiger partial charge on any atom is 0.335 e. The third kappa shape index (κ3) is 2.38. The van der Waals surface area contributed by atoms with Crippen molar-refractivity contribution < 1.29 is 9.53 Å². The molecule has 0 aliphatic carbocycles. The number of nitrogens with two attached hydrogens (primary N) is 1. The van der Waals surface area contributed by atoms with Crippen molar-refractivity contribution in [1.29, 1.82) is 0 Å². The standard InChI is InChI=1S/C10H15N3O2/c1-7-6-8(4-5-9(7)15-3)13(2)10(14)12-11/h4-6H,11H2,1-3H3,(H,12,14). The van der Waals surface area contributed by atoms with Crippen LogP contribution in [0.3, 0.4) is 0 Å². The van der Waals surface area contributed by atoms with Crippen LogP contribution >= 0.6 is 0 Å². The molecular formula is C10H15N3O2. The van der Waals surface area contributed by atoms with Crippen molar-refractivity contribution in [2.45, 2.75) is 6.92 Å². The fourth-order valence-corrected chi connectivity index (χ4v) is 1.29. The highest BCUT2D eigenvalue weighted by Gasteiger charge is 2.09. The lowest BCUT2D eigenvalue weighted by molar-refractivity contribution is 0.247. The number of carbonyl (C=O) groups is 1. The van der Waals surface area contributed by atoms with E-state index >= 15 is 0 Å². The lowest BCUT2D eigenvalue weighted by atomic mass is 10.2. The van der Waals surface area contributed by atoms with Gasteiger partial charge in [0, 0.05) is 12.7 Å². The number of urea groups is 1. The molecule has 82 valence electrons. The zero-order valence-corrected chi connectivity index (χ0v) is 9.07. The minimum absolute atomic E-state index is 0.362. The van der Waals surface area contributed by atoms with Crippen molar-refractivity contribution >= 4 is 11.7 Å². The Balaban J connectivity index is 2.97. The predicted molar refractivity (Wildman–Crippen MR) is 58.9 cm³/mol. The molecule has 3 N–H and O–H groups in total. The molecule has 0 unspecified atom stereocenters. The SMILES string of the molecule is COc1ccc(N(C)C(=O)NN)cc1C. The molecule has 0 spiro atoms. The van der Waals surface area contributed by atoms with E-state index in [2.05, 4.69) is 5.43 Å². The third-order valence-electron chi connectivity index (χ3n) is 2.19. The van der Waals surface area contributed by atoms with Gasteiger partial charge in [0.2, 0.25) is 0 Å². The Bertz CT molecular complexity index is 366. The summed E-state index contributed by atoms with van der Waals surface area (Å²) in [6.07, 6.45) is 0. The number of nitrogens with zero attached hydrogens (tertiary/aromatic N) is 1. The van der Waals surface area contributed by atoms with Crippen LogP contribution < -0.4 is 20.9 Å². The monoisotopic (exact) mass is 209 g/mol. The molecule has 0 aliphatic rings. The van der Waals surface area contributed by atoms with Gasteiger partial charge >= 0.3 is 6.03 Å². The lowest BCUT2D eigenvalue weighted by Crippen LogP contribution is -2.41. The quantitative estimate of drug-likeness (QED) is 0.434. The molecule has 0 bridgehead atoms. The molecule has 0 aromatic heterocycles. The number of hydrogen-bond acceptors (Lipinski definition) is 3. The number of nitrogens with one attached hydrogen (secondary N) is 1. The lowest BCUT2D eigenvalue weighted by Gasteiger charge is -2.17. The topological polar surface area (TPSA) is 67.6 Å². The zero-order chi connectivity index (χ0) is 11.4. The van der Waals surface area contributed by atoms with Gasteiger partial charge in [0.25, 0.3) is 0 Å². The van der Waals surface area contributed by atoms with E-state index in [1.54, 1.807) is 20.2 Å². The zero-order valence-electron chi connectivity index (χ0n) is 9.07. The number of rotatable bonds is 2. The van der Waals surface area contributed by atoms with Crippen LogP contribution in [0, 0.1) is 6.92 Å². The molecular weight excluding hydrogens is 194 g/mol. The van der Waals surface area contributed by atoms with E-state index < -0.39 is 0 Å². The van der Waals surface area contributed by atoms with Crippen LogP contribution in [0.15, 0.2) is 18.2 Å². The number of methoxy groups -OCH3 is 1. The Morgan fingerprint density at radius 2 is 2.20 bits per heavy atom. The molecule has 1 rings (SSSR count). The Hall–Kier alpha value is -1.75. The number of ether oxygens (including phenoxy) is 1. The first-order valence-electron chi connectivity index (χ1n) is 4.49. The number of amides is 2. The number of aryl methyl sites for hydroxylation is 1. The second kappa shape index (κ2) is 4.65. The maximum atomic E-state index is 11.2. The fourth-order valence-electron chi connectivity index (χ4n) is 1.29. The molecule has 5 nitrogen and oxygen atoms in total. The summed E-state index contributed by atoms with van der Waals surface area (Å²) in [4.78, 5) is 12.7. The van der Waals surface area contributed by atoms with Crippen molar-refractivity contribution in [3.63, 3.8) is 0 Å². The normalized spacial score (nSPS) is 9.60. The minimum Gasteiger partial charge on any atom is -0.496 e. The van der Waals surface area contributed by atoms with Gasteiger partial charge in [-0.3, -0.25) is 10.3 Å². The number of carbonyl (C=O) groups excluding carboxylic acids is 1. The smallest absolute Gasteiger partial charge is 0.335 e. The van der Waals surface area contributed by atoms with Crippen molar-refractivity contribution in [1.82, 2.24) is 5.43 Å². The average Bonchev–Trinajstić information content (AvgIpc) is 2.26. The summed E-state index contributed by atoms with van der Waals surface area (Å²) in [5.74, 6) is 5.83. The maximum absolute atomic E-state index is 11.2. The van der Waals surface area contributed by atoms with E-state index in [9.17, 15) is 4.79 Å². The van der Waals surface area contributed by atoms with Gasteiger partial charge in [-0.15, -0.1) is 0 Å². The largest absolute Gasteiger partial charge is 0.496 e. The molecule has 2 amide bonds. The summed E-state index contributed by atoms with van der Waals surface area (Å²) in [5.41, 5.74) is 3.79. The van der Waals surface area contributed by atoms with Gasteiger partial charge < -0.3 is 4.74 Å². The minimum atomic E-state index is -0.362. The summed E-state index contributed by atoms with van der Waals surface area (Å²) in [5, 5.41) is 0. The third-order valence-corrected chi connectivity index (χ3v) is 2.19. The van der Waals surface area contributed by atoms with E-state index in [4.69, 9.17) is 10.6 Å². The molecule has 0 saturated heterocycles. The van der Waals surface area contributed by atoms with Gasteiger partial charge in [0.05, 0.1) is 7.11 Å². The molecule has 1 aromatic carbocycles. The number of benzene rings is 1. The van der Waals surface area contributed by atoms with E-state index in [1.165, 1.54) is 4.90 Å². The summed E-state index contributed by atoms with van der Waals surface area (Å²) < 4.78 is 5.12. The molecule has 1 aromatic rings. The van der Waals surface area contributed by atoms with Crippen LogP contribution in [0.4, 0.5) is 10.5 Å².